The first-order valence-electron chi connectivity index (χ1n) is 8.85. The van der Waals surface area contributed by atoms with Crippen molar-refractivity contribution in [1.82, 2.24) is 4.90 Å². The summed E-state index contributed by atoms with van der Waals surface area (Å²) < 4.78 is 0. The zero-order valence-electron chi connectivity index (χ0n) is 15.1. The Labute approximate surface area is 155 Å². The number of nitrogens with zero attached hydrogens (tertiary/aromatic N) is 1. The lowest BCUT2D eigenvalue weighted by molar-refractivity contribution is -0.116. The van der Waals surface area contributed by atoms with Crippen LogP contribution in [0.15, 0.2) is 36.4 Å². The van der Waals surface area contributed by atoms with Gasteiger partial charge in [0.15, 0.2) is 0 Å². The molecule has 0 aromatic heterocycles. The minimum Gasteiger partial charge on any atom is -0.326 e. The van der Waals surface area contributed by atoms with Crippen LogP contribution in [0.2, 0.25) is 5.02 Å². The van der Waals surface area contributed by atoms with E-state index in [9.17, 15) is 4.79 Å². The lowest BCUT2D eigenvalue weighted by atomic mass is 9.84. The first kappa shape index (κ1) is 18.0. The van der Waals surface area contributed by atoms with Crippen molar-refractivity contribution in [2.75, 3.05) is 18.9 Å². The van der Waals surface area contributed by atoms with Crippen molar-refractivity contribution >= 4 is 23.2 Å². The van der Waals surface area contributed by atoms with E-state index in [1.165, 1.54) is 22.3 Å². The van der Waals surface area contributed by atoms with E-state index in [-0.39, 0.29) is 11.8 Å². The smallest absolute Gasteiger partial charge is 0.224 e. The number of likely N-dealkylation sites (N-methyl/N-ethyl adjacent to an activating group) is 1. The van der Waals surface area contributed by atoms with Gasteiger partial charge in [0, 0.05) is 36.1 Å². The van der Waals surface area contributed by atoms with Gasteiger partial charge in [0.2, 0.25) is 5.91 Å². The van der Waals surface area contributed by atoms with Crippen LogP contribution in [0.1, 0.15) is 47.9 Å². The molecule has 1 amide bonds. The Bertz CT molecular complexity index is 787. The molecule has 1 heterocycles. The number of amides is 1. The van der Waals surface area contributed by atoms with E-state index in [2.05, 4.69) is 42.4 Å². The molecule has 1 aliphatic rings. The summed E-state index contributed by atoms with van der Waals surface area (Å²) in [5.74, 6) is 0.328. The van der Waals surface area contributed by atoms with E-state index < -0.39 is 0 Å². The van der Waals surface area contributed by atoms with Crippen LogP contribution >= 0.6 is 11.6 Å². The SMILES string of the molecule is CCCC(=O)Nc1cccc(C2CN(C)Cc3c(Cl)cc(C)cc32)c1. The quantitative estimate of drug-likeness (QED) is 0.839. The molecule has 3 nitrogen and oxygen atoms in total. The highest BCUT2D eigenvalue weighted by Gasteiger charge is 2.27. The van der Waals surface area contributed by atoms with Crippen LogP contribution in [0.4, 0.5) is 5.69 Å². The summed E-state index contributed by atoms with van der Waals surface area (Å²) in [5.41, 5.74) is 5.78. The molecule has 132 valence electrons. The largest absolute Gasteiger partial charge is 0.326 e. The fraction of sp³-hybridized carbons (Fsp3) is 0.381. The van der Waals surface area contributed by atoms with Crippen LogP contribution < -0.4 is 5.32 Å². The molecule has 4 heteroatoms. The number of halogens is 1. The molecule has 0 spiro atoms. The van der Waals surface area contributed by atoms with Crippen LogP contribution in [-0.2, 0) is 11.3 Å². The van der Waals surface area contributed by atoms with Gasteiger partial charge in [-0.05, 0) is 60.8 Å². The monoisotopic (exact) mass is 356 g/mol. The molecule has 0 fully saturated rings. The number of carbonyl (C=O) groups is 1. The zero-order chi connectivity index (χ0) is 18.0. The second kappa shape index (κ2) is 7.59. The second-order valence-electron chi connectivity index (χ2n) is 6.99. The van der Waals surface area contributed by atoms with Crippen LogP contribution in [0.25, 0.3) is 0 Å². The fourth-order valence-corrected chi connectivity index (χ4v) is 3.93. The molecule has 1 aliphatic heterocycles. The van der Waals surface area contributed by atoms with Gasteiger partial charge >= 0.3 is 0 Å². The third-order valence-corrected chi connectivity index (χ3v) is 5.06. The molecule has 1 unspecified atom stereocenters. The topological polar surface area (TPSA) is 32.3 Å². The molecule has 2 aromatic rings. The number of nitrogens with one attached hydrogen (secondary N) is 1. The van der Waals surface area contributed by atoms with Gasteiger partial charge in [0.25, 0.3) is 0 Å². The van der Waals surface area contributed by atoms with Crippen molar-refractivity contribution in [1.29, 1.82) is 0 Å². The van der Waals surface area contributed by atoms with Gasteiger partial charge in [-0.25, -0.2) is 0 Å². The molecule has 25 heavy (non-hydrogen) atoms. The van der Waals surface area contributed by atoms with E-state index in [4.69, 9.17) is 11.6 Å². The molecule has 0 radical (unpaired) electrons. The number of fused-ring (bicyclic) bond motifs is 1. The zero-order valence-corrected chi connectivity index (χ0v) is 15.9. The Balaban J connectivity index is 1.96. The van der Waals surface area contributed by atoms with Crippen molar-refractivity contribution in [2.45, 2.75) is 39.2 Å². The molecular formula is C21H25ClN2O. The van der Waals surface area contributed by atoms with E-state index in [1.807, 2.05) is 25.1 Å². The molecule has 0 saturated heterocycles. The number of rotatable bonds is 4. The summed E-state index contributed by atoms with van der Waals surface area (Å²) in [5, 5.41) is 3.85. The summed E-state index contributed by atoms with van der Waals surface area (Å²) in [6.07, 6.45) is 1.40. The van der Waals surface area contributed by atoms with Gasteiger partial charge in [0.1, 0.15) is 0 Å². The predicted molar refractivity (Wildman–Crippen MR) is 104 cm³/mol. The highest BCUT2D eigenvalue weighted by atomic mass is 35.5. The molecule has 0 saturated carbocycles. The van der Waals surface area contributed by atoms with Crippen LogP contribution in [0.5, 0.6) is 0 Å². The number of anilines is 1. The Morgan fingerprint density at radius 2 is 2.12 bits per heavy atom. The average molecular weight is 357 g/mol. The van der Waals surface area contributed by atoms with Crippen LogP contribution in [0.3, 0.4) is 0 Å². The molecule has 2 aromatic carbocycles. The summed E-state index contributed by atoms with van der Waals surface area (Å²) in [6, 6.07) is 12.5. The van der Waals surface area contributed by atoms with Gasteiger partial charge < -0.3 is 10.2 Å². The van der Waals surface area contributed by atoms with Crippen molar-refractivity contribution < 1.29 is 4.79 Å². The molecule has 0 aliphatic carbocycles. The number of hydrogen-bond donors (Lipinski definition) is 1. The lowest BCUT2D eigenvalue weighted by Crippen LogP contribution is -2.31. The Kier molecular flexibility index (Phi) is 5.45. The Morgan fingerprint density at radius 1 is 1.32 bits per heavy atom. The molecule has 3 rings (SSSR count). The standard InChI is InChI=1S/C21H25ClN2O/c1-4-6-21(25)23-16-8-5-7-15(11-16)18-12-24(3)13-19-17(18)9-14(2)10-20(19)22/h5,7-11,18H,4,6,12-13H2,1-3H3,(H,23,25). The van der Waals surface area contributed by atoms with Crippen molar-refractivity contribution in [3.63, 3.8) is 0 Å². The van der Waals surface area contributed by atoms with Crippen molar-refractivity contribution in [2.24, 2.45) is 0 Å². The third-order valence-electron chi connectivity index (χ3n) is 4.72. The summed E-state index contributed by atoms with van der Waals surface area (Å²) in [7, 11) is 2.12. The van der Waals surface area contributed by atoms with Gasteiger partial charge in [-0.1, -0.05) is 36.7 Å². The normalized spacial score (nSPS) is 17.2. The van der Waals surface area contributed by atoms with Crippen molar-refractivity contribution in [3.8, 4) is 0 Å². The lowest BCUT2D eigenvalue weighted by Gasteiger charge is -2.33. The number of aryl methyl sites for hydroxylation is 1. The number of hydrogen-bond acceptors (Lipinski definition) is 2. The minimum atomic E-state index is 0.0692. The van der Waals surface area contributed by atoms with E-state index in [0.717, 1.165) is 30.2 Å². The summed E-state index contributed by atoms with van der Waals surface area (Å²) in [6.45, 7) is 5.91. The first-order chi connectivity index (χ1) is 12.0. The van der Waals surface area contributed by atoms with E-state index >= 15 is 0 Å². The molecule has 1 atom stereocenters. The fourth-order valence-electron chi connectivity index (χ4n) is 3.59. The molecule has 1 N–H and O–H groups in total. The highest BCUT2D eigenvalue weighted by Crippen LogP contribution is 2.37. The maximum absolute atomic E-state index is 11.9. The van der Waals surface area contributed by atoms with Crippen LogP contribution in [0, 0.1) is 6.92 Å². The first-order valence-corrected chi connectivity index (χ1v) is 9.23. The maximum Gasteiger partial charge on any atom is 0.224 e. The predicted octanol–water partition coefficient (Wildman–Crippen LogP) is 4.96. The molecular weight excluding hydrogens is 332 g/mol. The number of benzene rings is 2. The third kappa shape index (κ3) is 4.05. The summed E-state index contributed by atoms with van der Waals surface area (Å²) in [4.78, 5) is 14.2. The molecule has 0 bridgehead atoms. The van der Waals surface area contributed by atoms with Gasteiger partial charge in [0.05, 0.1) is 0 Å². The minimum absolute atomic E-state index is 0.0692. The van der Waals surface area contributed by atoms with E-state index in [0.29, 0.717) is 6.42 Å². The van der Waals surface area contributed by atoms with Gasteiger partial charge in [-0.2, -0.15) is 0 Å². The Morgan fingerprint density at radius 3 is 2.88 bits per heavy atom. The van der Waals surface area contributed by atoms with Gasteiger partial charge in [-0.3, -0.25) is 4.79 Å². The Hall–Kier alpha value is -1.84. The number of carbonyl (C=O) groups excluding carboxylic acids is 1. The highest BCUT2D eigenvalue weighted by molar-refractivity contribution is 6.31. The second-order valence-corrected chi connectivity index (χ2v) is 7.39. The van der Waals surface area contributed by atoms with Gasteiger partial charge in [-0.15, -0.1) is 0 Å². The van der Waals surface area contributed by atoms with Crippen molar-refractivity contribution in [3.05, 3.63) is 63.7 Å². The van der Waals surface area contributed by atoms with Crippen LogP contribution in [-0.4, -0.2) is 24.4 Å². The van der Waals surface area contributed by atoms with E-state index in [1.54, 1.807) is 0 Å². The maximum atomic E-state index is 11.9. The summed E-state index contributed by atoms with van der Waals surface area (Å²) >= 11 is 6.52. The average Bonchev–Trinajstić information content (AvgIpc) is 2.55.